The van der Waals surface area contributed by atoms with Gasteiger partial charge in [0.1, 0.15) is 0 Å². The van der Waals surface area contributed by atoms with Gasteiger partial charge in [-0.1, -0.05) is 38.1 Å². The number of carbonyl (C=O) groups is 1. The molecule has 1 aliphatic rings. The molecule has 0 aromatic heterocycles. The molecule has 0 aliphatic carbocycles. The Morgan fingerprint density at radius 2 is 2.11 bits per heavy atom. The zero-order valence-corrected chi connectivity index (χ0v) is 11.2. The fourth-order valence-electron chi connectivity index (χ4n) is 2.71. The minimum atomic E-state index is -2.45. The molecule has 1 saturated heterocycles. The van der Waals surface area contributed by atoms with Crippen LogP contribution in [0.4, 0.5) is 8.78 Å². The maximum absolute atomic E-state index is 12.7. The van der Waals surface area contributed by atoms with Crippen molar-refractivity contribution in [1.82, 2.24) is 5.32 Å². The van der Waals surface area contributed by atoms with Crippen molar-refractivity contribution in [2.75, 3.05) is 0 Å². The van der Waals surface area contributed by atoms with E-state index in [-0.39, 0.29) is 22.9 Å². The average Bonchev–Trinajstić information content (AvgIpc) is 2.72. The van der Waals surface area contributed by atoms with Crippen molar-refractivity contribution in [3.8, 4) is 0 Å². The van der Waals surface area contributed by atoms with Crippen LogP contribution in [0.1, 0.15) is 44.2 Å². The number of amides is 1. The zero-order chi connectivity index (χ0) is 14.0. The maximum Gasteiger partial charge on any atom is 0.263 e. The Bertz CT molecular complexity index is 473. The second kappa shape index (κ2) is 5.27. The van der Waals surface area contributed by atoms with Crippen molar-refractivity contribution in [3.63, 3.8) is 0 Å². The molecular weight excluding hydrogens is 248 g/mol. The lowest BCUT2D eigenvalue weighted by Gasteiger charge is -2.33. The van der Waals surface area contributed by atoms with E-state index >= 15 is 0 Å². The molecule has 0 saturated carbocycles. The SMILES string of the molecule is CC(C)C1(Cc2cccc(C(F)F)c2)CCC(=O)N1. The van der Waals surface area contributed by atoms with E-state index in [1.807, 2.05) is 6.07 Å². The third-order valence-corrected chi connectivity index (χ3v) is 4.01. The smallest absolute Gasteiger partial charge is 0.263 e. The monoisotopic (exact) mass is 267 g/mol. The normalized spacial score (nSPS) is 23.2. The van der Waals surface area contributed by atoms with Crippen LogP contribution in [0.2, 0.25) is 0 Å². The molecule has 0 radical (unpaired) electrons. The highest BCUT2D eigenvalue weighted by molar-refractivity contribution is 5.79. The van der Waals surface area contributed by atoms with Gasteiger partial charge in [-0.25, -0.2) is 8.78 Å². The molecular formula is C15H19F2NO. The van der Waals surface area contributed by atoms with Crippen LogP contribution in [0.25, 0.3) is 0 Å². The number of rotatable bonds is 4. The van der Waals surface area contributed by atoms with Gasteiger partial charge in [-0.05, 0) is 24.3 Å². The van der Waals surface area contributed by atoms with Gasteiger partial charge in [0.2, 0.25) is 5.91 Å². The highest BCUT2D eigenvalue weighted by Crippen LogP contribution is 2.32. The Hall–Kier alpha value is -1.45. The molecule has 1 aromatic rings. The number of nitrogens with one attached hydrogen (secondary N) is 1. The molecule has 2 rings (SSSR count). The summed E-state index contributed by atoms with van der Waals surface area (Å²) in [6.45, 7) is 4.12. The molecule has 1 fully saturated rings. The first-order chi connectivity index (χ1) is 8.93. The first-order valence-electron chi connectivity index (χ1n) is 6.61. The molecule has 0 bridgehead atoms. The van der Waals surface area contributed by atoms with Crippen molar-refractivity contribution < 1.29 is 13.6 Å². The zero-order valence-electron chi connectivity index (χ0n) is 11.2. The fraction of sp³-hybridized carbons (Fsp3) is 0.533. The Kier molecular flexibility index (Phi) is 3.88. The second-order valence-corrected chi connectivity index (χ2v) is 5.58. The van der Waals surface area contributed by atoms with E-state index in [1.54, 1.807) is 12.1 Å². The lowest BCUT2D eigenvalue weighted by Crippen LogP contribution is -2.48. The molecule has 19 heavy (non-hydrogen) atoms. The number of hydrogen-bond donors (Lipinski definition) is 1. The third kappa shape index (κ3) is 2.94. The molecule has 104 valence electrons. The van der Waals surface area contributed by atoms with Gasteiger partial charge in [-0.3, -0.25) is 4.79 Å². The van der Waals surface area contributed by atoms with Crippen LogP contribution in [0.15, 0.2) is 24.3 Å². The maximum atomic E-state index is 12.7. The molecule has 1 unspecified atom stereocenters. The summed E-state index contributed by atoms with van der Waals surface area (Å²) in [5.74, 6) is 0.327. The Morgan fingerprint density at radius 3 is 2.63 bits per heavy atom. The van der Waals surface area contributed by atoms with Crippen molar-refractivity contribution in [2.45, 2.75) is 45.1 Å². The summed E-state index contributed by atoms with van der Waals surface area (Å²) < 4.78 is 25.4. The van der Waals surface area contributed by atoms with Crippen molar-refractivity contribution >= 4 is 5.91 Å². The summed E-state index contributed by atoms with van der Waals surface area (Å²) in [5.41, 5.74) is 0.604. The molecule has 2 nitrogen and oxygen atoms in total. The summed E-state index contributed by atoms with van der Waals surface area (Å²) in [5, 5.41) is 3.04. The van der Waals surface area contributed by atoms with Crippen LogP contribution < -0.4 is 5.32 Å². The summed E-state index contributed by atoms with van der Waals surface area (Å²) in [6, 6.07) is 6.48. The predicted octanol–water partition coefficient (Wildman–Crippen LogP) is 3.47. The topological polar surface area (TPSA) is 29.1 Å². The molecule has 1 aliphatic heterocycles. The minimum absolute atomic E-state index is 0.0423. The predicted molar refractivity (Wildman–Crippen MR) is 70.0 cm³/mol. The molecule has 1 heterocycles. The van der Waals surface area contributed by atoms with Gasteiger partial charge >= 0.3 is 0 Å². The standard InChI is InChI=1S/C15H19F2NO/c1-10(2)15(7-6-13(19)18-15)9-11-4-3-5-12(8-11)14(16)17/h3-5,8,10,14H,6-7,9H2,1-2H3,(H,18,19). The van der Waals surface area contributed by atoms with Crippen LogP contribution in [-0.4, -0.2) is 11.4 Å². The van der Waals surface area contributed by atoms with Crippen LogP contribution in [-0.2, 0) is 11.2 Å². The number of carbonyl (C=O) groups excluding carboxylic acids is 1. The van der Waals surface area contributed by atoms with Gasteiger partial charge in [-0.15, -0.1) is 0 Å². The molecule has 1 aromatic carbocycles. The summed E-state index contributed by atoms with van der Waals surface area (Å²) in [6.07, 6.45) is -0.556. The number of alkyl halides is 2. The molecule has 4 heteroatoms. The van der Waals surface area contributed by atoms with Crippen LogP contribution in [0, 0.1) is 5.92 Å². The van der Waals surface area contributed by atoms with Gasteiger partial charge in [0.05, 0.1) is 0 Å². The van der Waals surface area contributed by atoms with Crippen LogP contribution >= 0.6 is 0 Å². The van der Waals surface area contributed by atoms with Crippen LogP contribution in [0.3, 0.4) is 0 Å². The highest BCUT2D eigenvalue weighted by Gasteiger charge is 2.40. The fourth-order valence-corrected chi connectivity index (χ4v) is 2.71. The van der Waals surface area contributed by atoms with Crippen molar-refractivity contribution in [1.29, 1.82) is 0 Å². The Balaban J connectivity index is 2.23. The molecule has 1 atom stereocenters. The van der Waals surface area contributed by atoms with Gasteiger partial charge in [0.25, 0.3) is 6.43 Å². The summed E-state index contributed by atoms with van der Waals surface area (Å²) >= 11 is 0. The highest BCUT2D eigenvalue weighted by atomic mass is 19.3. The van der Waals surface area contributed by atoms with E-state index in [4.69, 9.17) is 0 Å². The van der Waals surface area contributed by atoms with E-state index in [0.29, 0.717) is 12.8 Å². The first-order valence-corrected chi connectivity index (χ1v) is 6.61. The van der Waals surface area contributed by atoms with E-state index < -0.39 is 6.43 Å². The third-order valence-electron chi connectivity index (χ3n) is 4.01. The van der Waals surface area contributed by atoms with E-state index in [2.05, 4.69) is 19.2 Å². The van der Waals surface area contributed by atoms with Gasteiger partial charge in [-0.2, -0.15) is 0 Å². The van der Waals surface area contributed by atoms with Crippen LogP contribution in [0.5, 0.6) is 0 Å². The average molecular weight is 267 g/mol. The van der Waals surface area contributed by atoms with Gasteiger partial charge in [0, 0.05) is 17.5 Å². The second-order valence-electron chi connectivity index (χ2n) is 5.58. The summed E-state index contributed by atoms with van der Waals surface area (Å²) in [4.78, 5) is 11.5. The lowest BCUT2D eigenvalue weighted by atomic mass is 9.79. The van der Waals surface area contributed by atoms with E-state index in [9.17, 15) is 13.6 Å². The number of halogens is 2. The quantitative estimate of drug-likeness (QED) is 0.889. The molecule has 0 spiro atoms. The molecule has 1 N–H and O–H groups in total. The van der Waals surface area contributed by atoms with Crippen molar-refractivity contribution in [3.05, 3.63) is 35.4 Å². The minimum Gasteiger partial charge on any atom is -0.350 e. The van der Waals surface area contributed by atoms with E-state index in [0.717, 1.165) is 12.0 Å². The lowest BCUT2D eigenvalue weighted by molar-refractivity contribution is -0.120. The van der Waals surface area contributed by atoms with Gasteiger partial charge in [0.15, 0.2) is 0 Å². The largest absolute Gasteiger partial charge is 0.350 e. The first kappa shape index (κ1) is 14.0. The Morgan fingerprint density at radius 1 is 1.37 bits per heavy atom. The van der Waals surface area contributed by atoms with E-state index in [1.165, 1.54) is 6.07 Å². The Labute approximate surface area is 112 Å². The number of benzene rings is 1. The van der Waals surface area contributed by atoms with Gasteiger partial charge < -0.3 is 5.32 Å². The molecule has 1 amide bonds. The summed E-state index contributed by atoms with van der Waals surface area (Å²) in [7, 11) is 0. The number of hydrogen-bond acceptors (Lipinski definition) is 1. The van der Waals surface area contributed by atoms with Crippen molar-refractivity contribution in [2.24, 2.45) is 5.92 Å².